The van der Waals surface area contributed by atoms with E-state index in [0.717, 1.165) is 63.0 Å². The maximum absolute atomic E-state index is 11.8. The van der Waals surface area contributed by atoms with E-state index in [9.17, 15) is 4.79 Å². The number of ether oxygens (including phenoxy) is 1. The van der Waals surface area contributed by atoms with Gasteiger partial charge in [-0.05, 0) is 43.2 Å². The van der Waals surface area contributed by atoms with Crippen LogP contribution in [0.3, 0.4) is 0 Å². The van der Waals surface area contributed by atoms with E-state index in [1.165, 1.54) is 0 Å². The van der Waals surface area contributed by atoms with Gasteiger partial charge in [0.25, 0.3) is 5.91 Å². The number of para-hydroxylation sites is 1. The Morgan fingerprint density at radius 3 is 2.52 bits per heavy atom. The van der Waals surface area contributed by atoms with Crippen molar-refractivity contribution >= 4 is 35.8 Å². The smallest absolute Gasteiger partial charge is 0.251 e. The fourth-order valence-corrected chi connectivity index (χ4v) is 3.72. The van der Waals surface area contributed by atoms with Crippen molar-refractivity contribution in [1.29, 1.82) is 0 Å². The highest BCUT2D eigenvalue weighted by atomic mass is 127. The topological polar surface area (TPSA) is 69.2 Å². The SMILES string of the molecule is CCNC(=NCCc1cccc(C(=O)NC)c1)N1CCN(CCOc2ccccc2)CC1.I. The molecule has 0 saturated carbocycles. The van der Waals surface area contributed by atoms with Crippen LogP contribution < -0.4 is 15.4 Å². The summed E-state index contributed by atoms with van der Waals surface area (Å²) in [5, 5.41) is 6.10. The van der Waals surface area contributed by atoms with Crippen LogP contribution in [-0.4, -0.2) is 81.1 Å². The van der Waals surface area contributed by atoms with E-state index >= 15 is 0 Å². The van der Waals surface area contributed by atoms with E-state index in [1.807, 2.05) is 54.6 Å². The maximum Gasteiger partial charge on any atom is 0.251 e. The van der Waals surface area contributed by atoms with Gasteiger partial charge >= 0.3 is 0 Å². The molecule has 0 aliphatic carbocycles. The molecule has 1 aliphatic rings. The molecule has 0 spiro atoms. The monoisotopic (exact) mass is 565 g/mol. The number of aliphatic imine (C=N–C) groups is 1. The number of guanidine groups is 1. The highest BCUT2D eigenvalue weighted by molar-refractivity contribution is 14.0. The van der Waals surface area contributed by atoms with Crippen molar-refractivity contribution in [2.45, 2.75) is 13.3 Å². The Morgan fingerprint density at radius 1 is 1.06 bits per heavy atom. The third-order valence-corrected chi connectivity index (χ3v) is 5.50. The first kappa shape index (κ1) is 26.9. The molecule has 0 radical (unpaired) electrons. The molecular weight excluding hydrogens is 529 g/mol. The van der Waals surface area contributed by atoms with Gasteiger partial charge in [0.1, 0.15) is 12.4 Å². The van der Waals surface area contributed by atoms with Crippen LogP contribution in [0.5, 0.6) is 5.75 Å². The number of amides is 1. The lowest BCUT2D eigenvalue weighted by atomic mass is 10.1. The minimum atomic E-state index is -0.0595. The van der Waals surface area contributed by atoms with E-state index in [1.54, 1.807) is 7.05 Å². The number of nitrogens with one attached hydrogen (secondary N) is 2. The second-order valence-corrected chi connectivity index (χ2v) is 7.76. The lowest BCUT2D eigenvalue weighted by molar-refractivity contribution is 0.0963. The van der Waals surface area contributed by atoms with Gasteiger partial charge < -0.3 is 20.3 Å². The number of carbonyl (C=O) groups is 1. The van der Waals surface area contributed by atoms with Crippen molar-refractivity contribution in [3.8, 4) is 5.75 Å². The molecule has 1 heterocycles. The van der Waals surface area contributed by atoms with Crippen molar-refractivity contribution in [2.75, 3.05) is 59.5 Å². The summed E-state index contributed by atoms with van der Waals surface area (Å²) in [5.41, 5.74) is 1.81. The predicted molar refractivity (Wildman–Crippen MR) is 145 cm³/mol. The Hall–Kier alpha value is -2.33. The Balaban J connectivity index is 0.00000385. The van der Waals surface area contributed by atoms with Crippen LogP contribution >= 0.6 is 24.0 Å². The van der Waals surface area contributed by atoms with Gasteiger partial charge in [0.15, 0.2) is 5.96 Å². The first-order valence-corrected chi connectivity index (χ1v) is 11.4. The normalized spacial score (nSPS) is 14.4. The van der Waals surface area contributed by atoms with Crippen LogP contribution in [0.1, 0.15) is 22.8 Å². The van der Waals surface area contributed by atoms with Gasteiger partial charge in [-0.2, -0.15) is 0 Å². The fourth-order valence-electron chi connectivity index (χ4n) is 3.72. The molecule has 1 fully saturated rings. The van der Waals surface area contributed by atoms with Crippen LogP contribution in [0.2, 0.25) is 0 Å². The van der Waals surface area contributed by atoms with Crippen molar-refractivity contribution < 1.29 is 9.53 Å². The van der Waals surface area contributed by atoms with Crippen molar-refractivity contribution in [2.24, 2.45) is 4.99 Å². The summed E-state index contributed by atoms with van der Waals surface area (Å²) in [4.78, 5) is 21.4. The van der Waals surface area contributed by atoms with Crippen LogP contribution in [0.4, 0.5) is 0 Å². The van der Waals surface area contributed by atoms with Crippen molar-refractivity contribution in [1.82, 2.24) is 20.4 Å². The predicted octanol–water partition coefficient (Wildman–Crippen LogP) is 2.87. The molecule has 2 N–H and O–H groups in total. The molecule has 7 nitrogen and oxygen atoms in total. The number of hydrogen-bond acceptors (Lipinski definition) is 4. The number of halogens is 1. The molecule has 0 atom stereocenters. The molecule has 0 bridgehead atoms. The Morgan fingerprint density at radius 2 is 1.82 bits per heavy atom. The molecule has 0 aromatic heterocycles. The van der Waals surface area contributed by atoms with E-state index in [-0.39, 0.29) is 29.9 Å². The van der Waals surface area contributed by atoms with E-state index in [4.69, 9.17) is 9.73 Å². The Bertz CT molecular complexity index is 870. The number of benzene rings is 2. The minimum absolute atomic E-state index is 0. The summed E-state index contributed by atoms with van der Waals surface area (Å²) in [6.45, 7) is 9.14. The average Bonchev–Trinajstić information content (AvgIpc) is 2.84. The molecule has 0 unspecified atom stereocenters. The second-order valence-electron chi connectivity index (χ2n) is 7.76. The number of carbonyl (C=O) groups excluding carboxylic acids is 1. The zero-order chi connectivity index (χ0) is 22.6. The molecule has 180 valence electrons. The van der Waals surface area contributed by atoms with Crippen LogP contribution in [0.25, 0.3) is 0 Å². The first-order valence-electron chi connectivity index (χ1n) is 11.4. The van der Waals surface area contributed by atoms with E-state index < -0.39 is 0 Å². The first-order chi connectivity index (χ1) is 15.7. The second kappa shape index (κ2) is 14.7. The number of hydrogen-bond donors (Lipinski definition) is 2. The fraction of sp³-hybridized carbons (Fsp3) is 0.440. The standard InChI is InChI=1S/C25H35N5O2.HI/c1-3-27-25(28-13-12-21-8-7-9-22(20-21)24(31)26-2)30-16-14-29(15-17-30)18-19-32-23-10-5-4-6-11-23;/h4-11,20H,3,12-19H2,1-2H3,(H,26,31)(H,27,28);1H. The highest BCUT2D eigenvalue weighted by Gasteiger charge is 2.19. The third kappa shape index (κ3) is 8.85. The summed E-state index contributed by atoms with van der Waals surface area (Å²) in [7, 11) is 1.65. The summed E-state index contributed by atoms with van der Waals surface area (Å²) in [5.74, 6) is 1.83. The zero-order valence-electron chi connectivity index (χ0n) is 19.6. The quantitative estimate of drug-likeness (QED) is 0.278. The maximum atomic E-state index is 11.8. The van der Waals surface area contributed by atoms with Gasteiger partial charge in [0, 0.05) is 58.4 Å². The zero-order valence-corrected chi connectivity index (χ0v) is 22.0. The van der Waals surface area contributed by atoms with Crippen LogP contribution in [-0.2, 0) is 6.42 Å². The number of rotatable bonds is 9. The summed E-state index contributed by atoms with van der Waals surface area (Å²) in [6.07, 6.45) is 0.802. The van der Waals surface area contributed by atoms with Crippen LogP contribution in [0.15, 0.2) is 59.6 Å². The molecule has 3 rings (SSSR count). The van der Waals surface area contributed by atoms with E-state index in [0.29, 0.717) is 18.7 Å². The molecule has 1 aliphatic heterocycles. The van der Waals surface area contributed by atoms with Crippen molar-refractivity contribution in [3.05, 3.63) is 65.7 Å². The molecule has 2 aromatic carbocycles. The van der Waals surface area contributed by atoms with Gasteiger partial charge in [0.05, 0.1) is 0 Å². The Kier molecular flexibility index (Phi) is 12.0. The summed E-state index contributed by atoms with van der Waals surface area (Å²) < 4.78 is 5.83. The average molecular weight is 566 g/mol. The molecule has 1 saturated heterocycles. The molecule has 8 heteroatoms. The van der Waals surface area contributed by atoms with Gasteiger partial charge in [-0.3, -0.25) is 14.7 Å². The van der Waals surface area contributed by atoms with Gasteiger partial charge in [-0.1, -0.05) is 30.3 Å². The highest BCUT2D eigenvalue weighted by Crippen LogP contribution is 2.09. The summed E-state index contributed by atoms with van der Waals surface area (Å²) >= 11 is 0. The van der Waals surface area contributed by atoms with Gasteiger partial charge in [-0.25, -0.2) is 0 Å². The van der Waals surface area contributed by atoms with Crippen molar-refractivity contribution in [3.63, 3.8) is 0 Å². The summed E-state index contributed by atoms with van der Waals surface area (Å²) in [6, 6.07) is 17.7. The lowest BCUT2D eigenvalue weighted by Crippen LogP contribution is -2.53. The third-order valence-electron chi connectivity index (χ3n) is 5.50. The van der Waals surface area contributed by atoms with E-state index in [2.05, 4.69) is 27.4 Å². The van der Waals surface area contributed by atoms with Gasteiger partial charge in [-0.15, -0.1) is 24.0 Å². The molecule has 2 aromatic rings. The molecular formula is C25H36IN5O2. The van der Waals surface area contributed by atoms with Crippen LogP contribution in [0, 0.1) is 0 Å². The minimum Gasteiger partial charge on any atom is -0.492 e. The number of nitrogens with zero attached hydrogens (tertiary/aromatic N) is 3. The molecule has 33 heavy (non-hydrogen) atoms. The lowest BCUT2D eigenvalue weighted by Gasteiger charge is -2.36. The Labute approximate surface area is 214 Å². The molecule has 1 amide bonds. The largest absolute Gasteiger partial charge is 0.492 e. The van der Waals surface area contributed by atoms with Gasteiger partial charge in [0.2, 0.25) is 0 Å². The number of piperazine rings is 1.